The van der Waals surface area contributed by atoms with Gasteiger partial charge in [0, 0.05) is 19.3 Å². The summed E-state index contributed by atoms with van der Waals surface area (Å²) in [6.45, 7) is 0.728. The second-order valence-electron chi connectivity index (χ2n) is 4.23. The smallest absolute Gasteiger partial charge is 0.115 e. The first-order valence-corrected chi connectivity index (χ1v) is 5.98. The van der Waals surface area contributed by atoms with Crippen LogP contribution in [0.1, 0.15) is 5.56 Å². The number of benzene rings is 2. The van der Waals surface area contributed by atoms with Crippen molar-refractivity contribution < 1.29 is 5.11 Å². The van der Waals surface area contributed by atoms with Crippen molar-refractivity contribution in [2.75, 3.05) is 17.7 Å². The van der Waals surface area contributed by atoms with E-state index in [1.165, 1.54) is 0 Å². The zero-order chi connectivity index (χ0) is 13.1. The Hall–Kier alpha value is -1.87. The second kappa shape index (κ2) is 5.19. The van der Waals surface area contributed by atoms with E-state index in [0.29, 0.717) is 10.7 Å². The van der Waals surface area contributed by atoms with Crippen LogP contribution in [0.15, 0.2) is 42.5 Å². The zero-order valence-electron chi connectivity index (χ0n) is 10.1. The van der Waals surface area contributed by atoms with E-state index in [0.717, 1.165) is 17.8 Å². The number of anilines is 2. The number of aromatic hydroxyl groups is 1. The summed E-state index contributed by atoms with van der Waals surface area (Å²) < 4.78 is 0. The molecule has 94 valence electrons. The lowest BCUT2D eigenvalue weighted by molar-refractivity contribution is 0.475. The van der Waals surface area contributed by atoms with Crippen molar-refractivity contribution in [3.8, 4) is 5.75 Å². The fourth-order valence-electron chi connectivity index (χ4n) is 1.76. The van der Waals surface area contributed by atoms with Crippen LogP contribution in [-0.2, 0) is 6.54 Å². The number of nitrogens with two attached hydrogens (primary N) is 1. The van der Waals surface area contributed by atoms with Crippen LogP contribution in [0.5, 0.6) is 5.75 Å². The van der Waals surface area contributed by atoms with Crippen LogP contribution < -0.4 is 10.6 Å². The van der Waals surface area contributed by atoms with Crippen molar-refractivity contribution in [2.45, 2.75) is 6.54 Å². The van der Waals surface area contributed by atoms with Crippen LogP contribution in [0, 0.1) is 0 Å². The van der Waals surface area contributed by atoms with Crippen molar-refractivity contribution in [3.05, 3.63) is 53.1 Å². The highest BCUT2D eigenvalue weighted by atomic mass is 35.5. The summed E-state index contributed by atoms with van der Waals surface area (Å²) >= 11 is 5.89. The Morgan fingerprint density at radius 3 is 2.44 bits per heavy atom. The lowest BCUT2D eigenvalue weighted by Crippen LogP contribution is -2.16. The summed E-state index contributed by atoms with van der Waals surface area (Å²) in [4.78, 5) is 2.07. The molecule has 0 atom stereocenters. The molecule has 3 nitrogen and oxygen atoms in total. The Balaban J connectivity index is 2.13. The molecular formula is C14H15ClN2O. The fourth-order valence-corrected chi connectivity index (χ4v) is 1.88. The summed E-state index contributed by atoms with van der Waals surface area (Å²) in [5.41, 5.74) is 8.48. The van der Waals surface area contributed by atoms with Gasteiger partial charge >= 0.3 is 0 Å². The average molecular weight is 263 g/mol. The minimum absolute atomic E-state index is 0.267. The first-order chi connectivity index (χ1) is 8.56. The van der Waals surface area contributed by atoms with Gasteiger partial charge in [0.25, 0.3) is 0 Å². The molecule has 0 aliphatic rings. The standard InChI is InChI=1S/C14H15ClN2O/c1-17(11-3-5-12(18)6-4-11)9-10-2-7-13(15)14(16)8-10/h2-8,18H,9,16H2,1H3. The molecule has 0 saturated heterocycles. The first-order valence-electron chi connectivity index (χ1n) is 5.60. The quantitative estimate of drug-likeness (QED) is 0.835. The molecule has 4 heteroatoms. The third kappa shape index (κ3) is 2.87. The summed E-state index contributed by atoms with van der Waals surface area (Å²) in [7, 11) is 1.98. The Bertz CT molecular complexity index is 540. The Morgan fingerprint density at radius 2 is 1.83 bits per heavy atom. The van der Waals surface area contributed by atoms with Crippen molar-refractivity contribution in [1.82, 2.24) is 0 Å². The van der Waals surface area contributed by atoms with E-state index < -0.39 is 0 Å². The molecular weight excluding hydrogens is 248 g/mol. The highest BCUT2D eigenvalue weighted by Crippen LogP contribution is 2.22. The molecule has 2 aromatic rings. The van der Waals surface area contributed by atoms with Crippen LogP contribution in [0.2, 0.25) is 5.02 Å². The topological polar surface area (TPSA) is 49.5 Å². The number of hydrogen-bond acceptors (Lipinski definition) is 3. The average Bonchev–Trinajstić information content (AvgIpc) is 2.34. The number of phenols is 1. The highest BCUT2D eigenvalue weighted by molar-refractivity contribution is 6.33. The Morgan fingerprint density at radius 1 is 1.17 bits per heavy atom. The van der Waals surface area contributed by atoms with Gasteiger partial charge in [0.15, 0.2) is 0 Å². The van der Waals surface area contributed by atoms with Gasteiger partial charge < -0.3 is 15.7 Å². The molecule has 0 amide bonds. The summed E-state index contributed by atoms with van der Waals surface area (Å²) in [5.74, 6) is 0.267. The van der Waals surface area contributed by atoms with Crippen molar-refractivity contribution >= 4 is 23.0 Å². The molecule has 0 aliphatic heterocycles. The van der Waals surface area contributed by atoms with Gasteiger partial charge in [-0.05, 0) is 42.0 Å². The third-order valence-electron chi connectivity index (χ3n) is 2.77. The number of halogens is 1. The number of phenolic OH excluding ortho intramolecular Hbond substituents is 1. The minimum atomic E-state index is 0.267. The number of rotatable bonds is 3. The van der Waals surface area contributed by atoms with E-state index in [1.54, 1.807) is 18.2 Å². The van der Waals surface area contributed by atoms with Crippen LogP contribution in [-0.4, -0.2) is 12.2 Å². The minimum Gasteiger partial charge on any atom is -0.508 e. The third-order valence-corrected chi connectivity index (χ3v) is 3.11. The Kier molecular flexibility index (Phi) is 3.63. The maximum atomic E-state index is 9.25. The molecule has 0 spiro atoms. The molecule has 2 rings (SSSR count). The lowest BCUT2D eigenvalue weighted by Gasteiger charge is -2.19. The van der Waals surface area contributed by atoms with Crippen molar-refractivity contribution in [1.29, 1.82) is 0 Å². The van der Waals surface area contributed by atoms with Gasteiger partial charge in [-0.3, -0.25) is 0 Å². The first kappa shape index (κ1) is 12.6. The Labute approximate surface area is 111 Å². The molecule has 0 fully saturated rings. The van der Waals surface area contributed by atoms with Gasteiger partial charge in [0.2, 0.25) is 0 Å². The van der Waals surface area contributed by atoms with Crippen LogP contribution in [0.25, 0.3) is 0 Å². The maximum Gasteiger partial charge on any atom is 0.115 e. The van der Waals surface area contributed by atoms with Crippen LogP contribution in [0.4, 0.5) is 11.4 Å². The van der Waals surface area contributed by atoms with Crippen molar-refractivity contribution in [2.24, 2.45) is 0 Å². The molecule has 3 N–H and O–H groups in total. The molecule has 18 heavy (non-hydrogen) atoms. The summed E-state index contributed by atoms with van der Waals surface area (Å²) in [5, 5.41) is 9.82. The largest absolute Gasteiger partial charge is 0.508 e. The number of nitrogens with zero attached hydrogens (tertiary/aromatic N) is 1. The van der Waals surface area contributed by atoms with Gasteiger partial charge in [-0.25, -0.2) is 0 Å². The van der Waals surface area contributed by atoms with Crippen molar-refractivity contribution in [3.63, 3.8) is 0 Å². The molecule has 2 aromatic carbocycles. The van der Waals surface area contributed by atoms with Gasteiger partial charge in [-0.1, -0.05) is 17.7 Å². The van der Waals surface area contributed by atoms with Gasteiger partial charge in [0.1, 0.15) is 5.75 Å². The maximum absolute atomic E-state index is 9.25. The second-order valence-corrected chi connectivity index (χ2v) is 4.64. The SMILES string of the molecule is CN(Cc1ccc(Cl)c(N)c1)c1ccc(O)cc1. The zero-order valence-corrected chi connectivity index (χ0v) is 10.9. The van der Waals surface area contributed by atoms with E-state index in [2.05, 4.69) is 4.90 Å². The van der Waals surface area contributed by atoms with E-state index in [9.17, 15) is 5.11 Å². The fraction of sp³-hybridized carbons (Fsp3) is 0.143. The summed E-state index contributed by atoms with van der Waals surface area (Å²) in [6, 6.07) is 12.7. The molecule has 0 heterocycles. The predicted molar refractivity (Wildman–Crippen MR) is 76.1 cm³/mol. The summed E-state index contributed by atoms with van der Waals surface area (Å²) in [6.07, 6.45) is 0. The van der Waals surface area contributed by atoms with E-state index in [4.69, 9.17) is 17.3 Å². The van der Waals surface area contributed by atoms with Gasteiger partial charge in [0.05, 0.1) is 10.7 Å². The lowest BCUT2D eigenvalue weighted by atomic mass is 10.2. The normalized spacial score (nSPS) is 10.3. The molecule has 0 aliphatic carbocycles. The number of hydrogen-bond donors (Lipinski definition) is 2. The van der Waals surface area contributed by atoms with E-state index in [1.807, 2.05) is 31.3 Å². The molecule has 0 bridgehead atoms. The van der Waals surface area contributed by atoms with Gasteiger partial charge in [-0.2, -0.15) is 0 Å². The molecule has 0 aromatic heterocycles. The van der Waals surface area contributed by atoms with E-state index in [-0.39, 0.29) is 5.75 Å². The van der Waals surface area contributed by atoms with Gasteiger partial charge in [-0.15, -0.1) is 0 Å². The monoisotopic (exact) mass is 262 g/mol. The van der Waals surface area contributed by atoms with E-state index >= 15 is 0 Å². The predicted octanol–water partition coefficient (Wildman–Crippen LogP) is 3.26. The van der Waals surface area contributed by atoms with Crippen LogP contribution in [0.3, 0.4) is 0 Å². The number of nitrogen functional groups attached to an aromatic ring is 1. The highest BCUT2D eigenvalue weighted by Gasteiger charge is 2.04. The molecule has 0 radical (unpaired) electrons. The van der Waals surface area contributed by atoms with Crippen LogP contribution >= 0.6 is 11.6 Å². The molecule has 0 unspecified atom stereocenters. The molecule has 0 saturated carbocycles.